The van der Waals surface area contributed by atoms with Gasteiger partial charge in [-0.15, -0.1) is 0 Å². The Morgan fingerprint density at radius 1 is 1.27 bits per heavy atom. The number of aliphatic carboxylic acids is 1. The maximum Gasteiger partial charge on any atom is 0.0675 e. The molecule has 0 radical (unpaired) electrons. The third kappa shape index (κ3) is 88.2. The molecule has 0 saturated carbocycles. The van der Waals surface area contributed by atoms with E-state index < -0.39 is 5.97 Å². The normalized spacial score (nSPS) is 9.91. The van der Waals surface area contributed by atoms with Crippen molar-refractivity contribution in [1.29, 1.82) is 0 Å². The molecule has 0 spiro atoms. The van der Waals surface area contributed by atoms with E-state index in [0.717, 1.165) is 4.48 Å². The van der Waals surface area contributed by atoms with E-state index >= 15 is 0 Å². The molecule has 0 aromatic carbocycles. The van der Waals surface area contributed by atoms with Crippen LogP contribution in [0.5, 0.6) is 0 Å². The highest BCUT2D eigenvalue weighted by Crippen LogP contribution is 1.79. The van der Waals surface area contributed by atoms with Gasteiger partial charge in [0.05, 0.1) is 28.2 Å². The smallest absolute Gasteiger partial charge is 0.0675 e. The van der Waals surface area contributed by atoms with Gasteiger partial charge in [0.15, 0.2) is 0 Å². The van der Waals surface area contributed by atoms with E-state index in [-0.39, 0.29) is 6.42 Å². The molecule has 0 aromatic rings. The fraction of sp³-hybridized carbons (Fsp3) is 0.875. The number of nitrogens with zero attached hydrogens (tertiary/aromatic N) is 1. The van der Waals surface area contributed by atoms with Crippen LogP contribution in [0.3, 0.4) is 0 Å². The number of rotatable bonds is 2. The molecular formula is C8H19NO2. The number of carbonyl (C=O) groups excluding carboxylic acids is 1. The fourth-order valence-electron chi connectivity index (χ4n) is 0.204. The monoisotopic (exact) mass is 161 g/mol. The molecule has 0 aliphatic carbocycles. The van der Waals surface area contributed by atoms with Crippen LogP contribution in [0, 0.1) is 0 Å². The topological polar surface area (TPSA) is 40.1 Å². The van der Waals surface area contributed by atoms with Crippen LogP contribution in [0.1, 0.15) is 19.8 Å². The minimum absolute atomic E-state index is 0.181. The lowest BCUT2D eigenvalue weighted by Crippen LogP contribution is -2.27. The average Bonchev–Trinajstić information content (AvgIpc) is 1.58. The van der Waals surface area contributed by atoms with Crippen molar-refractivity contribution in [1.82, 2.24) is 0 Å². The quantitative estimate of drug-likeness (QED) is 0.529. The number of hydrogen-bond donors (Lipinski definition) is 0. The Labute approximate surface area is 69.2 Å². The number of quaternary nitrogens is 1. The van der Waals surface area contributed by atoms with Gasteiger partial charge in [0, 0.05) is 5.97 Å². The summed E-state index contributed by atoms with van der Waals surface area (Å²) in [5.41, 5.74) is 0. The van der Waals surface area contributed by atoms with Gasteiger partial charge in [-0.3, -0.25) is 0 Å². The zero-order valence-electron chi connectivity index (χ0n) is 8.18. The first-order valence-electron chi connectivity index (χ1n) is 3.76. The molecule has 0 fully saturated rings. The Bertz CT molecular complexity index is 99.1. The Morgan fingerprint density at radius 2 is 1.55 bits per heavy atom. The Balaban J connectivity index is 0. The third-order valence-corrected chi connectivity index (χ3v) is 0.454. The molecule has 0 aliphatic rings. The lowest BCUT2D eigenvalue weighted by molar-refractivity contribution is -0.849. The minimum atomic E-state index is -0.961. The number of carbonyl (C=O) groups is 1. The van der Waals surface area contributed by atoms with Gasteiger partial charge in [0.25, 0.3) is 0 Å². The first-order valence-corrected chi connectivity index (χ1v) is 3.76. The molecule has 0 aromatic heterocycles. The lowest BCUT2D eigenvalue weighted by atomic mass is 10.4. The molecule has 68 valence electrons. The molecule has 0 rings (SSSR count). The van der Waals surface area contributed by atoms with Crippen molar-refractivity contribution in [3.63, 3.8) is 0 Å². The second-order valence-electron chi connectivity index (χ2n) is 3.81. The Hall–Kier alpha value is -0.570. The van der Waals surface area contributed by atoms with E-state index in [1.54, 1.807) is 6.92 Å². The second kappa shape index (κ2) is 6.16. The SMILES string of the molecule is CCCC(=O)[O-].C[N+](C)(C)C. The predicted octanol–water partition coefficient (Wildman–Crippen LogP) is -0.141. The largest absolute Gasteiger partial charge is 0.550 e. The predicted molar refractivity (Wildman–Crippen MR) is 43.9 cm³/mol. The van der Waals surface area contributed by atoms with Crippen LogP contribution >= 0.6 is 0 Å². The maximum atomic E-state index is 9.49. The molecular weight excluding hydrogens is 142 g/mol. The summed E-state index contributed by atoms with van der Waals surface area (Å²) >= 11 is 0. The molecule has 0 heterocycles. The number of carboxylic acids is 1. The van der Waals surface area contributed by atoms with Crippen LogP contribution < -0.4 is 5.11 Å². The molecule has 0 amide bonds. The molecule has 0 saturated heterocycles. The molecule has 0 N–H and O–H groups in total. The summed E-state index contributed by atoms with van der Waals surface area (Å²) in [6.45, 7) is 1.80. The summed E-state index contributed by atoms with van der Waals surface area (Å²) in [6, 6.07) is 0. The molecule has 3 nitrogen and oxygen atoms in total. The number of hydrogen-bond acceptors (Lipinski definition) is 2. The Morgan fingerprint density at radius 3 is 1.55 bits per heavy atom. The zero-order chi connectivity index (χ0) is 9.49. The van der Waals surface area contributed by atoms with Gasteiger partial charge in [0.2, 0.25) is 0 Å². The van der Waals surface area contributed by atoms with Gasteiger partial charge < -0.3 is 14.4 Å². The zero-order valence-corrected chi connectivity index (χ0v) is 8.18. The van der Waals surface area contributed by atoms with Crippen LogP contribution in [0.25, 0.3) is 0 Å². The van der Waals surface area contributed by atoms with Crippen molar-refractivity contribution in [2.45, 2.75) is 19.8 Å². The van der Waals surface area contributed by atoms with Crippen molar-refractivity contribution < 1.29 is 14.4 Å². The summed E-state index contributed by atoms with van der Waals surface area (Å²) in [5, 5.41) is 9.49. The molecule has 3 heteroatoms. The van der Waals surface area contributed by atoms with Gasteiger partial charge in [0.1, 0.15) is 0 Å². The lowest BCUT2D eigenvalue weighted by Gasteiger charge is -2.14. The summed E-state index contributed by atoms with van der Waals surface area (Å²) in [5.74, 6) is -0.961. The maximum absolute atomic E-state index is 9.49. The van der Waals surface area contributed by atoms with Crippen molar-refractivity contribution in [2.75, 3.05) is 28.2 Å². The summed E-state index contributed by atoms with van der Waals surface area (Å²) in [7, 11) is 8.50. The van der Waals surface area contributed by atoms with E-state index in [1.807, 2.05) is 0 Å². The van der Waals surface area contributed by atoms with E-state index in [2.05, 4.69) is 28.2 Å². The summed E-state index contributed by atoms with van der Waals surface area (Å²) < 4.78 is 1.00. The van der Waals surface area contributed by atoms with Crippen LogP contribution in [0.15, 0.2) is 0 Å². The van der Waals surface area contributed by atoms with Gasteiger partial charge in [-0.1, -0.05) is 13.3 Å². The summed E-state index contributed by atoms with van der Waals surface area (Å²) in [6.07, 6.45) is 0.850. The van der Waals surface area contributed by atoms with Gasteiger partial charge in [-0.2, -0.15) is 0 Å². The fourth-order valence-corrected chi connectivity index (χ4v) is 0.204. The minimum Gasteiger partial charge on any atom is -0.550 e. The molecule has 0 atom stereocenters. The second-order valence-corrected chi connectivity index (χ2v) is 3.81. The summed E-state index contributed by atoms with van der Waals surface area (Å²) in [4.78, 5) is 9.49. The van der Waals surface area contributed by atoms with Crippen molar-refractivity contribution in [3.8, 4) is 0 Å². The van der Waals surface area contributed by atoms with Crippen molar-refractivity contribution in [2.24, 2.45) is 0 Å². The van der Waals surface area contributed by atoms with Crippen LogP contribution in [0.4, 0.5) is 0 Å². The highest BCUT2D eigenvalue weighted by Gasteiger charge is 1.88. The van der Waals surface area contributed by atoms with E-state index in [9.17, 15) is 9.90 Å². The average molecular weight is 161 g/mol. The van der Waals surface area contributed by atoms with E-state index in [1.165, 1.54) is 0 Å². The van der Waals surface area contributed by atoms with Crippen molar-refractivity contribution in [3.05, 3.63) is 0 Å². The first kappa shape index (κ1) is 13.1. The molecule has 0 bridgehead atoms. The third-order valence-electron chi connectivity index (χ3n) is 0.454. The standard InChI is InChI=1S/C4H12N.C4H8O2/c1-5(2,3)4;1-2-3-4(5)6/h1-4H3;2-3H2,1H3,(H,5,6)/q+1;/p-1. The van der Waals surface area contributed by atoms with E-state index in [4.69, 9.17) is 0 Å². The number of carboxylic acid groups (broad SMARTS) is 1. The van der Waals surface area contributed by atoms with Crippen molar-refractivity contribution >= 4 is 5.97 Å². The van der Waals surface area contributed by atoms with Gasteiger partial charge >= 0.3 is 0 Å². The van der Waals surface area contributed by atoms with Crippen LogP contribution in [-0.2, 0) is 4.79 Å². The van der Waals surface area contributed by atoms with Crippen LogP contribution in [0.2, 0.25) is 0 Å². The Kier molecular flexibility index (Phi) is 7.31. The van der Waals surface area contributed by atoms with Gasteiger partial charge in [-0.25, -0.2) is 0 Å². The molecule has 0 aliphatic heterocycles. The molecule has 11 heavy (non-hydrogen) atoms. The highest BCUT2D eigenvalue weighted by molar-refractivity contribution is 5.63. The highest BCUT2D eigenvalue weighted by atomic mass is 16.4. The molecule has 0 unspecified atom stereocenters. The van der Waals surface area contributed by atoms with E-state index in [0.29, 0.717) is 6.42 Å². The van der Waals surface area contributed by atoms with Crippen LogP contribution in [-0.4, -0.2) is 38.6 Å². The van der Waals surface area contributed by atoms with Gasteiger partial charge in [-0.05, 0) is 6.42 Å². The first-order chi connectivity index (χ1) is 4.77.